The summed E-state index contributed by atoms with van der Waals surface area (Å²) < 4.78 is 20.9. The maximum absolute atomic E-state index is 14.3. The molecule has 38 heavy (non-hydrogen) atoms. The first-order chi connectivity index (χ1) is 18.5. The van der Waals surface area contributed by atoms with Gasteiger partial charge < -0.3 is 15.2 Å². The molecule has 3 aromatic heterocycles. The van der Waals surface area contributed by atoms with Gasteiger partial charge in [0.2, 0.25) is 11.8 Å². The third kappa shape index (κ3) is 5.95. The van der Waals surface area contributed by atoms with Crippen molar-refractivity contribution < 1.29 is 18.5 Å². The molecule has 11 heteroatoms. The Hall–Kier alpha value is -5.19. The highest BCUT2D eigenvalue weighted by Gasteiger charge is 2.17. The third-order valence-electron chi connectivity index (χ3n) is 5.56. The highest BCUT2D eigenvalue weighted by Crippen LogP contribution is 2.25. The van der Waals surface area contributed by atoms with E-state index >= 15 is 0 Å². The molecular formula is C27H22FN7O3. The summed E-state index contributed by atoms with van der Waals surface area (Å²) in [5.74, 6) is -0.579. The van der Waals surface area contributed by atoms with Crippen molar-refractivity contribution in [1.82, 2.24) is 30.2 Å². The summed E-state index contributed by atoms with van der Waals surface area (Å²) in [5.41, 5.74) is 2.78. The van der Waals surface area contributed by atoms with E-state index in [1.807, 2.05) is 30.3 Å². The Labute approximate surface area is 216 Å². The Morgan fingerprint density at radius 2 is 1.76 bits per heavy atom. The standard InChI is InChI=1S/C27H22FN7O3/c28-20-9-5-4-8-19(20)17-35-23(21-11-13-38-34-21)15-22(33-35)27-29-12-10-24(32-27)31-26(37)16-30-25(36)14-18-6-2-1-3-7-18/h1-13,15H,14,16-17H2,(H,30,36)(H,29,31,32,37). The van der Waals surface area contributed by atoms with Crippen LogP contribution < -0.4 is 10.6 Å². The first-order valence-corrected chi connectivity index (χ1v) is 11.7. The number of rotatable bonds is 9. The second-order valence-electron chi connectivity index (χ2n) is 8.30. The summed E-state index contributed by atoms with van der Waals surface area (Å²) in [5, 5.41) is 13.8. The minimum Gasteiger partial charge on any atom is -0.364 e. The summed E-state index contributed by atoms with van der Waals surface area (Å²) in [6.45, 7) is -0.0629. The van der Waals surface area contributed by atoms with Gasteiger partial charge in [0.15, 0.2) is 5.82 Å². The normalized spacial score (nSPS) is 10.8. The molecule has 0 aliphatic rings. The summed E-state index contributed by atoms with van der Waals surface area (Å²) in [6.07, 6.45) is 3.09. The number of anilines is 1. The number of aromatic nitrogens is 5. The van der Waals surface area contributed by atoms with E-state index in [9.17, 15) is 14.0 Å². The second-order valence-corrected chi connectivity index (χ2v) is 8.30. The highest BCUT2D eigenvalue weighted by molar-refractivity contribution is 5.94. The van der Waals surface area contributed by atoms with Gasteiger partial charge in [-0.25, -0.2) is 14.4 Å². The highest BCUT2D eigenvalue weighted by atomic mass is 19.1. The average Bonchev–Trinajstić information content (AvgIpc) is 3.60. The van der Waals surface area contributed by atoms with Crippen molar-refractivity contribution in [2.24, 2.45) is 0 Å². The molecule has 190 valence electrons. The van der Waals surface area contributed by atoms with Crippen molar-refractivity contribution in [2.75, 3.05) is 11.9 Å². The van der Waals surface area contributed by atoms with E-state index < -0.39 is 5.91 Å². The molecule has 10 nitrogen and oxygen atoms in total. The van der Waals surface area contributed by atoms with E-state index in [1.165, 1.54) is 24.6 Å². The van der Waals surface area contributed by atoms with Crippen molar-refractivity contribution in [3.8, 4) is 22.9 Å². The van der Waals surface area contributed by atoms with Crippen LogP contribution in [0.15, 0.2) is 89.8 Å². The number of amides is 2. The fraction of sp³-hybridized carbons (Fsp3) is 0.111. The number of hydrogen-bond acceptors (Lipinski definition) is 7. The lowest BCUT2D eigenvalue weighted by Crippen LogP contribution is -2.34. The Morgan fingerprint density at radius 3 is 2.55 bits per heavy atom. The molecule has 0 fully saturated rings. The molecule has 0 radical (unpaired) electrons. The predicted octanol–water partition coefficient (Wildman–Crippen LogP) is 3.48. The van der Waals surface area contributed by atoms with Gasteiger partial charge in [-0.3, -0.25) is 14.3 Å². The van der Waals surface area contributed by atoms with Crippen LogP contribution in [0.4, 0.5) is 10.2 Å². The minimum absolute atomic E-state index is 0.147. The Morgan fingerprint density at radius 1 is 0.947 bits per heavy atom. The number of nitrogens with zero attached hydrogens (tertiary/aromatic N) is 5. The van der Waals surface area contributed by atoms with Crippen LogP contribution in [0.5, 0.6) is 0 Å². The van der Waals surface area contributed by atoms with E-state index in [-0.39, 0.29) is 42.9 Å². The van der Waals surface area contributed by atoms with Crippen LogP contribution in [-0.2, 0) is 22.6 Å². The summed E-state index contributed by atoms with van der Waals surface area (Å²) in [7, 11) is 0. The van der Waals surface area contributed by atoms with Crippen LogP contribution in [0, 0.1) is 5.82 Å². The molecule has 3 heterocycles. The number of hydrogen-bond donors (Lipinski definition) is 2. The van der Waals surface area contributed by atoms with Crippen LogP contribution in [0.25, 0.3) is 22.9 Å². The van der Waals surface area contributed by atoms with Gasteiger partial charge in [-0.1, -0.05) is 53.7 Å². The van der Waals surface area contributed by atoms with Gasteiger partial charge in [0.25, 0.3) is 0 Å². The van der Waals surface area contributed by atoms with E-state index in [0.29, 0.717) is 22.6 Å². The zero-order valence-electron chi connectivity index (χ0n) is 20.0. The van der Waals surface area contributed by atoms with Gasteiger partial charge in [0, 0.05) is 17.8 Å². The molecule has 0 unspecified atom stereocenters. The molecule has 2 aromatic carbocycles. The lowest BCUT2D eigenvalue weighted by Gasteiger charge is -2.07. The number of carbonyl (C=O) groups excluding carboxylic acids is 2. The number of carbonyl (C=O) groups is 2. The topological polar surface area (TPSA) is 128 Å². The fourth-order valence-corrected chi connectivity index (χ4v) is 3.75. The molecule has 5 rings (SSSR count). The Kier molecular flexibility index (Phi) is 7.25. The van der Waals surface area contributed by atoms with Gasteiger partial charge in [-0.15, -0.1) is 0 Å². The maximum Gasteiger partial charge on any atom is 0.244 e. The third-order valence-corrected chi connectivity index (χ3v) is 5.56. The molecule has 0 aliphatic heterocycles. The maximum atomic E-state index is 14.3. The Bertz CT molecular complexity index is 1550. The zero-order chi connectivity index (χ0) is 26.3. The summed E-state index contributed by atoms with van der Waals surface area (Å²) >= 11 is 0. The van der Waals surface area contributed by atoms with Gasteiger partial charge in [0.1, 0.15) is 29.3 Å². The fourth-order valence-electron chi connectivity index (χ4n) is 3.75. The Balaban J connectivity index is 1.29. The van der Waals surface area contributed by atoms with Crippen molar-refractivity contribution in [3.05, 3.63) is 102 Å². The smallest absolute Gasteiger partial charge is 0.244 e. The lowest BCUT2D eigenvalue weighted by atomic mass is 10.1. The first-order valence-electron chi connectivity index (χ1n) is 11.7. The molecule has 0 saturated carbocycles. The monoisotopic (exact) mass is 511 g/mol. The molecule has 0 bridgehead atoms. The van der Waals surface area contributed by atoms with Crippen LogP contribution in [0.1, 0.15) is 11.1 Å². The number of benzene rings is 2. The van der Waals surface area contributed by atoms with Crippen molar-refractivity contribution in [1.29, 1.82) is 0 Å². The first kappa shape index (κ1) is 24.5. The number of halogens is 1. The largest absolute Gasteiger partial charge is 0.364 e. The summed E-state index contributed by atoms with van der Waals surface area (Å²) in [4.78, 5) is 33.2. The van der Waals surface area contributed by atoms with E-state index in [1.54, 1.807) is 35.0 Å². The van der Waals surface area contributed by atoms with Gasteiger partial charge in [0.05, 0.1) is 25.2 Å². The molecule has 0 aliphatic carbocycles. The molecule has 0 saturated heterocycles. The van der Waals surface area contributed by atoms with Crippen LogP contribution in [0.3, 0.4) is 0 Å². The molecule has 0 spiro atoms. The van der Waals surface area contributed by atoms with Crippen molar-refractivity contribution in [3.63, 3.8) is 0 Å². The van der Waals surface area contributed by atoms with Gasteiger partial charge in [-0.05, 0) is 23.8 Å². The quantitative estimate of drug-likeness (QED) is 0.310. The van der Waals surface area contributed by atoms with E-state index in [2.05, 4.69) is 30.9 Å². The molecule has 2 N–H and O–H groups in total. The second kappa shape index (κ2) is 11.2. The number of nitrogens with one attached hydrogen (secondary N) is 2. The van der Waals surface area contributed by atoms with Crippen LogP contribution in [0.2, 0.25) is 0 Å². The average molecular weight is 512 g/mol. The van der Waals surface area contributed by atoms with Crippen molar-refractivity contribution in [2.45, 2.75) is 13.0 Å². The molecular weight excluding hydrogens is 489 g/mol. The van der Waals surface area contributed by atoms with Gasteiger partial charge >= 0.3 is 0 Å². The SMILES string of the molecule is O=C(Cc1ccccc1)NCC(=O)Nc1ccnc(-c2cc(-c3ccon3)n(Cc3ccccc3F)n2)n1. The minimum atomic E-state index is -0.440. The molecule has 0 atom stereocenters. The molecule has 5 aromatic rings. The predicted molar refractivity (Wildman–Crippen MR) is 136 cm³/mol. The summed E-state index contributed by atoms with van der Waals surface area (Å²) in [6, 6.07) is 20.6. The van der Waals surface area contributed by atoms with E-state index in [0.717, 1.165) is 5.56 Å². The van der Waals surface area contributed by atoms with Crippen molar-refractivity contribution >= 4 is 17.6 Å². The van der Waals surface area contributed by atoms with Gasteiger partial charge in [-0.2, -0.15) is 5.10 Å². The lowest BCUT2D eigenvalue weighted by molar-refractivity contribution is -0.123. The molecule has 2 amide bonds. The zero-order valence-corrected chi connectivity index (χ0v) is 20.0. The van der Waals surface area contributed by atoms with E-state index in [4.69, 9.17) is 4.52 Å². The van der Waals surface area contributed by atoms with Crippen LogP contribution >= 0.6 is 0 Å². The van der Waals surface area contributed by atoms with Crippen LogP contribution in [-0.4, -0.2) is 43.3 Å².